The van der Waals surface area contributed by atoms with Crippen LogP contribution in [-0.4, -0.2) is 49.8 Å². The second kappa shape index (κ2) is 7.20. The van der Waals surface area contributed by atoms with Crippen molar-refractivity contribution >= 4 is 0 Å². The molecule has 92 valence electrons. The third-order valence-electron chi connectivity index (χ3n) is 2.19. The van der Waals surface area contributed by atoms with E-state index in [1.807, 2.05) is 0 Å². The van der Waals surface area contributed by atoms with Crippen LogP contribution < -0.4 is 5.32 Å². The number of hydrogen-bond acceptors (Lipinski definition) is 3. The Balaban J connectivity index is 3.36. The lowest BCUT2D eigenvalue weighted by molar-refractivity contribution is 0.119. The van der Waals surface area contributed by atoms with Crippen LogP contribution in [0.2, 0.25) is 0 Å². The van der Waals surface area contributed by atoms with Crippen LogP contribution in [0, 0.1) is 5.41 Å². The van der Waals surface area contributed by atoms with Gasteiger partial charge in [-0.3, -0.25) is 0 Å². The van der Waals surface area contributed by atoms with Gasteiger partial charge in [0.05, 0.1) is 6.10 Å². The zero-order valence-corrected chi connectivity index (χ0v) is 11.0. The summed E-state index contributed by atoms with van der Waals surface area (Å²) in [7, 11) is 4.16. The van der Waals surface area contributed by atoms with E-state index in [4.69, 9.17) is 0 Å². The molecular formula is C12H28N2O. The number of rotatable bonds is 7. The van der Waals surface area contributed by atoms with E-state index in [0.717, 1.165) is 25.9 Å². The Morgan fingerprint density at radius 1 is 1.27 bits per heavy atom. The van der Waals surface area contributed by atoms with Crippen molar-refractivity contribution in [3.8, 4) is 0 Å². The summed E-state index contributed by atoms with van der Waals surface area (Å²) in [5, 5.41) is 13.0. The van der Waals surface area contributed by atoms with Crippen LogP contribution in [-0.2, 0) is 0 Å². The molecule has 0 aromatic carbocycles. The Labute approximate surface area is 94.9 Å². The van der Waals surface area contributed by atoms with Crippen molar-refractivity contribution in [2.75, 3.05) is 33.7 Å². The molecule has 0 aromatic rings. The minimum absolute atomic E-state index is 0.213. The summed E-state index contributed by atoms with van der Waals surface area (Å²) in [5.74, 6) is 0. The molecule has 0 aliphatic carbocycles. The molecule has 0 heterocycles. The number of hydrogen-bond donors (Lipinski definition) is 2. The maximum atomic E-state index is 9.72. The number of nitrogens with one attached hydrogen (secondary N) is 1. The minimum Gasteiger partial charge on any atom is -0.392 e. The summed E-state index contributed by atoms with van der Waals surface area (Å²) in [6.45, 7) is 9.26. The zero-order valence-electron chi connectivity index (χ0n) is 11.0. The number of aliphatic hydroxyl groups excluding tert-OH is 1. The first-order valence-electron chi connectivity index (χ1n) is 5.85. The molecule has 0 rings (SSSR count). The van der Waals surface area contributed by atoms with E-state index in [-0.39, 0.29) is 11.5 Å². The molecular weight excluding hydrogens is 188 g/mol. The van der Waals surface area contributed by atoms with Crippen molar-refractivity contribution < 1.29 is 5.11 Å². The van der Waals surface area contributed by atoms with Crippen LogP contribution in [0.15, 0.2) is 0 Å². The van der Waals surface area contributed by atoms with Crippen LogP contribution in [0.5, 0.6) is 0 Å². The normalized spacial score (nSPS) is 14.6. The summed E-state index contributed by atoms with van der Waals surface area (Å²) < 4.78 is 0. The fourth-order valence-electron chi connectivity index (χ4n) is 1.57. The molecule has 0 aliphatic rings. The summed E-state index contributed by atoms with van der Waals surface area (Å²) in [6.07, 6.45) is 1.77. The maximum Gasteiger partial charge on any atom is 0.0669 e. The van der Waals surface area contributed by atoms with Crippen LogP contribution in [0.1, 0.15) is 33.6 Å². The van der Waals surface area contributed by atoms with Crippen LogP contribution in [0.25, 0.3) is 0 Å². The Kier molecular flexibility index (Phi) is 7.14. The monoisotopic (exact) mass is 216 g/mol. The quantitative estimate of drug-likeness (QED) is 0.630. The van der Waals surface area contributed by atoms with Crippen molar-refractivity contribution in [2.24, 2.45) is 5.41 Å². The van der Waals surface area contributed by atoms with Gasteiger partial charge in [-0.25, -0.2) is 0 Å². The smallest absolute Gasteiger partial charge is 0.0669 e. The Morgan fingerprint density at radius 2 is 1.87 bits per heavy atom. The number of aliphatic hydroxyl groups is 1. The SMILES string of the molecule is CN(C)CCCNCC(O)CC(C)(C)C. The highest BCUT2D eigenvalue weighted by Gasteiger charge is 2.15. The summed E-state index contributed by atoms with van der Waals surface area (Å²) >= 11 is 0. The molecule has 15 heavy (non-hydrogen) atoms. The van der Waals surface area contributed by atoms with E-state index in [2.05, 4.69) is 45.1 Å². The third-order valence-corrected chi connectivity index (χ3v) is 2.19. The standard InChI is InChI=1S/C12H28N2O/c1-12(2,3)9-11(15)10-13-7-6-8-14(4)5/h11,13,15H,6-10H2,1-5H3. The predicted molar refractivity (Wildman–Crippen MR) is 66.1 cm³/mol. The Bertz CT molecular complexity index is 152. The highest BCUT2D eigenvalue weighted by molar-refractivity contribution is 4.69. The van der Waals surface area contributed by atoms with Crippen molar-refractivity contribution in [1.29, 1.82) is 0 Å². The molecule has 0 bridgehead atoms. The van der Waals surface area contributed by atoms with E-state index in [1.54, 1.807) is 0 Å². The fourth-order valence-corrected chi connectivity index (χ4v) is 1.57. The van der Waals surface area contributed by atoms with Gasteiger partial charge in [0.25, 0.3) is 0 Å². The molecule has 1 atom stereocenters. The van der Waals surface area contributed by atoms with Gasteiger partial charge in [-0.2, -0.15) is 0 Å². The summed E-state index contributed by atoms with van der Waals surface area (Å²) in [6, 6.07) is 0. The van der Waals surface area contributed by atoms with Crippen LogP contribution >= 0.6 is 0 Å². The molecule has 3 heteroatoms. The maximum absolute atomic E-state index is 9.72. The van der Waals surface area contributed by atoms with Gasteiger partial charge in [0.1, 0.15) is 0 Å². The van der Waals surface area contributed by atoms with Crippen molar-refractivity contribution in [3.63, 3.8) is 0 Å². The first kappa shape index (κ1) is 14.9. The second-order valence-corrected chi connectivity index (χ2v) is 5.78. The average Bonchev–Trinajstić information content (AvgIpc) is 1.99. The number of nitrogens with zero attached hydrogens (tertiary/aromatic N) is 1. The molecule has 0 amide bonds. The van der Waals surface area contributed by atoms with E-state index in [9.17, 15) is 5.11 Å². The summed E-state index contributed by atoms with van der Waals surface area (Å²) in [4.78, 5) is 2.17. The molecule has 0 saturated heterocycles. The predicted octanol–water partition coefficient (Wildman–Crippen LogP) is 1.32. The van der Waals surface area contributed by atoms with Gasteiger partial charge in [0, 0.05) is 6.54 Å². The van der Waals surface area contributed by atoms with E-state index in [1.165, 1.54) is 0 Å². The molecule has 3 nitrogen and oxygen atoms in total. The summed E-state index contributed by atoms with van der Waals surface area (Å²) in [5.41, 5.74) is 0.213. The molecule has 0 radical (unpaired) electrons. The van der Waals surface area contributed by atoms with E-state index < -0.39 is 0 Å². The topological polar surface area (TPSA) is 35.5 Å². The Morgan fingerprint density at radius 3 is 2.33 bits per heavy atom. The van der Waals surface area contributed by atoms with Gasteiger partial charge >= 0.3 is 0 Å². The van der Waals surface area contributed by atoms with Gasteiger partial charge in [-0.1, -0.05) is 20.8 Å². The van der Waals surface area contributed by atoms with Gasteiger partial charge < -0.3 is 15.3 Å². The highest BCUT2D eigenvalue weighted by atomic mass is 16.3. The Hall–Kier alpha value is -0.120. The third kappa shape index (κ3) is 11.8. The van der Waals surface area contributed by atoms with E-state index in [0.29, 0.717) is 6.54 Å². The minimum atomic E-state index is -0.218. The highest BCUT2D eigenvalue weighted by Crippen LogP contribution is 2.20. The van der Waals surface area contributed by atoms with Crippen molar-refractivity contribution in [2.45, 2.75) is 39.7 Å². The first-order valence-corrected chi connectivity index (χ1v) is 5.85. The molecule has 0 aliphatic heterocycles. The first-order chi connectivity index (χ1) is 6.81. The molecule has 0 saturated carbocycles. The van der Waals surface area contributed by atoms with Gasteiger partial charge in [-0.15, -0.1) is 0 Å². The molecule has 0 fully saturated rings. The van der Waals surface area contributed by atoms with Gasteiger partial charge in [0.2, 0.25) is 0 Å². The lowest BCUT2D eigenvalue weighted by Crippen LogP contribution is -2.31. The lowest BCUT2D eigenvalue weighted by atomic mass is 9.89. The van der Waals surface area contributed by atoms with Gasteiger partial charge in [-0.05, 0) is 45.4 Å². The molecule has 1 unspecified atom stereocenters. The lowest BCUT2D eigenvalue weighted by Gasteiger charge is -2.22. The van der Waals surface area contributed by atoms with Crippen LogP contribution in [0.4, 0.5) is 0 Å². The van der Waals surface area contributed by atoms with Gasteiger partial charge in [0.15, 0.2) is 0 Å². The fraction of sp³-hybridized carbons (Fsp3) is 1.00. The zero-order chi connectivity index (χ0) is 11.9. The average molecular weight is 216 g/mol. The van der Waals surface area contributed by atoms with Crippen molar-refractivity contribution in [3.05, 3.63) is 0 Å². The molecule has 0 spiro atoms. The van der Waals surface area contributed by atoms with Crippen molar-refractivity contribution in [1.82, 2.24) is 10.2 Å². The van der Waals surface area contributed by atoms with E-state index >= 15 is 0 Å². The second-order valence-electron chi connectivity index (χ2n) is 5.78. The molecule has 0 aromatic heterocycles. The molecule has 2 N–H and O–H groups in total. The largest absolute Gasteiger partial charge is 0.392 e. The van der Waals surface area contributed by atoms with Crippen LogP contribution in [0.3, 0.4) is 0 Å².